The maximum atomic E-state index is 12.1. The molecule has 0 heterocycles. The van der Waals surface area contributed by atoms with Crippen molar-refractivity contribution in [1.82, 2.24) is 5.32 Å². The van der Waals surface area contributed by atoms with Crippen LogP contribution < -0.4 is 5.32 Å². The molecule has 2 rings (SSSR count). The van der Waals surface area contributed by atoms with Crippen molar-refractivity contribution in [2.24, 2.45) is 16.7 Å². The summed E-state index contributed by atoms with van der Waals surface area (Å²) in [4.78, 5) is 12.1. The lowest BCUT2D eigenvalue weighted by molar-refractivity contribution is -0.124. The second-order valence-corrected chi connectivity index (χ2v) is 6.55. The van der Waals surface area contributed by atoms with E-state index in [0.29, 0.717) is 5.88 Å². The first-order valence-electron chi connectivity index (χ1n) is 5.65. The second kappa shape index (κ2) is 2.91. The van der Waals surface area contributed by atoms with Crippen LogP contribution in [0.3, 0.4) is 0 Å². The summed E-state index contributed by atoms with van der Waals surface area (Å²) < 4.78 is 0. The van der Waals surface area contributed by atoms with Gasteiger partial charge < -0.3 is 5.32 Å². The first kappa shape index (κ1) is 11.3. The van der Waals surface area contributed by atoms with Gasteiger partial charge in [-0.05, 0) is 23.7 Å². The van der Waals surface area contributed by atoms with Gasteiger partial charge in [0.05, 0.1) is 5.54 Å². The van der Waals surface area contributed by atoms with Crippen LogP contribution in [0, 0.1) is 16.7 Å². The molecule has 0 radical (unpaired) electrons. The Bertz CT molecular complexity index is 291. The van der Waals surface area contributed by atoms with Gasteiger partial charge in [-0.1, -0.05) is 27.7 Å². The molecule has 1 amide bonds. The minimum atomic E-state index is -0.0621. The summed E-state index contributed by atoms with van der Waals surface area (Å²) in [5.41, 5.74) is 0.187. The van der Waals surface area contributed by atoms with E-state index in [4.69, 9.17) is 11.6 Å². The van der Waals surface area contributed by atoms with Crippen LogP contribution in [-0.2, 0) is 4.79 Å². The summed E-state index contributed by atoms with van der Waals surface area (Å²) in [6.45, 7) is 8.66. The molecule has 1 N–H and O–H groups in total. The molecule has 0 spiro atoms. The molecule has 86 valence electrons. The summed E-state index contributed by atoms with van der Waals surface area (Å²) in [6.07, 6.45) is 2.08. The Morgan fingerprint density at radius 1 is 1.27 bits per heavy atom. The van der Waals surface area contributed by atoms with Gasteiger partial charge in [0, 0.05) is 11.8 Å². The van der Waals surface area contributed by atoms with E-state index >= 15 is 0 Å². The Labute approximate surface area is 96.8 Å². The lowest BCUT2D eigenvalue weighted by Gasteiger charge is -2.14. The number of hydrogen-bond donors (Lipinski definition) is 1. The highest BCUT2D eigenvalue weighted by molar-refractivity contribution is 6.19. The summed E-state index contributed by atoms with van der Waals surface area (Å²) in [5.74, 6) is 0.889. The third kappa shape index (κ3) is 1.49. The average molecular weight is 230 g/mol. The number of halogens is 1. The third-order valence-corrected chi connectivity index (χ3v) is 5.29. The van der Waals surface area contributed by atoms with Gasteiger partial charge >= 0.3 is 0 Å². The van der Waals surface area contributed by atoms with Gasteiger partial charge in [-0.25, -0.2) is 0 Å². The van der Waals surface area contributed by atoms with Crippen molar-refractivity contribution in [2.75, 3.05) is 5.88 Å². The number of carbonyl (C=O) groups is 1. The fraction of sp³-hybridized carbons (Fsp3) is 0.917. The molecule has 0 saturated heterocycles. The highest BCUT2D eigenvalue weighted by Crippen LogP contribution is 2.68. The fourth-order valence-corrected chi connectivity index (χ4v) is 2.96. The Morgan fingerprint density at radius 3 is 2.00 bits per heavy atom. The number of nitrogens with one attached hydrogen (secondary N) is 1. The molecule has 0 atom stereocenters. The second-order valence-electron chi connectivity index (χ2n) is 6.28. The number of rotatable bonds is 3. The van der Waals surface area contributed by atoms with E-state index in [-0.39, 0.29) is 28.2 Å². The Morgan fingerprint density at radius 2 is 1.73 bits per heavy atom. The van der Waals surface area contributed by atoms with Gasteiger partial charge in [0.15, 0.2) is 0 Å². The van der Waals surface area contributed by atoms with Crippen LogP contribution in [-0.4, -0.2) is 17.3 Å². The number of carbonyl (C=O) groups excluding carboxylic acids is 1. The zero-order valence-corrected chi connectivity index (χ0v) is 10.7. The zero-order chi connectivity index (χ0) is 11.5. The molecule has 0 bridgehead atoms. The van der Waals surface area contributed by atoms with E-state index in [2.05, 4.69) is 33.0 Å². The monoisotopic (exact) mass is 229 g/mol. The van der Waals surface area contributed by atoms with Crippen LogP contribution in [0.4, 0.5) is 0 Å². The first-order chi connectivity index (χ1) is 6.77. The van der Waals surface area contributed by atoms with Crippen LogP contribution in [0.2, 0.25) is 0 Å². The van der Waals surface area contributed by atoms with E-state index in [9.17, 15) is 4.79 Å². The molecular formula is C12H20ClNO. The van der Waals surface area contributed by atoms with E-state index in [1.165, 1.54) is 0 Å². The SMILES string of the molecule is CC1(C)C(C(=O)NC2(CCl)CC2)C1(C)C. The zero-order valence-electron chi connectivity index (χ0n) is 9.98. The summed E-state index contributed by atoms with van der Waals surface area (Å²) in [5, 5.41) is 3.12. The highest BCUT2D eigenvalue weighted by Gasteiger charge is 2.68. The predicted octanol–water partition coefficient (Wildman–Crippen LogP) is 2.56. The maximum absolute atomic E-state index is 12.1. The van der Waals surface area contributed by atoms with E-state index in [1.54, 1.807) is 0 Å². The standard InChI is InChI=1S/C12H20ClNO/c1-10(2)8(11(10,3)4)9(15)14-12(7-13)5-6-12/h8H,5-7H2,1-4H3,(H,14,15). The van der Waals surface area contributed by atoms with Crippen LogP contribution in [0.25, 0.3) is 0 Å². The molecule has 0 aliphatic heterocycles. The molecule has 2 saturated carbocycles. The van der Waals surface area contributed by atoms with Gasteiger partial charge in [0.2, 0.25) is 5.91 Å². The van der Waals surface area contributed by atoms with Crippen LogP contribution in [0.15, 0.2) is 0 Å². The van der Waals surface area contributed by atoms with Crippen LogP contribution >= 0.6 is 11.6 Å². The molecule has 15 heavy (non-hydrogen) atoms. The summed E-state index contributed by atoms with van der Waals surface area (Å²) >= 11 is 5.85. The van der Waals surface area contributed by atoms with Crippen molar-refractivity contribution in [3.8, 4) is 0 Å². The topological polar surface area (TPSA) is 29.1 Å². The minimum Gasteiger partial charge on any atom is -0.349 e. The predicted molar refractivity (Wildman–Crippen MR) is 61.9 cm³/mol. The lowest BCUT2D eigenvalue weighted by Crippen LogP contribution is -2.40. The van der Waals surface area contributed by atoms with Gasteiger partial charge in [0.25, 0.3) is 0 Å². The first-order valence-corrected chi connectivity index (χ1v) is 6.18. The van der Waals surface area contributed by atoms with Crippen molar-refractivity contribution in [3.63, 3.8) is 0 Å². The Kier molecular flexibility index (Phi) is 2.18. The molecule has 0 unspecified atom stereocenters. The summed E-state index contributed by atoms with van der Waals surface area (Å²) in [7, 11) is 0. The molecule has 2 aliphatic rings. The molecule has 0 aromatic carbocycles. The van der Waals surface area contributed by atoms with E-state index < -0.39 is 0 Å². The van der Waals surface area contributed by atoms with Crippen molar-refractivity contribution in [1.29, 1.82) is 0 Å². The normalized spacial score (nSPS) is 29.7. The number of hydrogen-bond acceptors (Lipinski definition) is 1. The van der Waals surface area contributed by atoms with Crippen LogP contribution in [0.1, 0.15) is 40.5 Å². The van der Waals surface area contributed by atoms with Crippen molar-refractivity contribution in [3.05, 3.63) is 0 Å². The smallest absolute Gasteiger partial charge is 0.224 e. The Hall–Kier alpha value is -0.240. The highest BCUT2D eigenvalue weighted by atomic mass is 35.5. The molecule has 2 aliphatic carbocycles. The van der Waals surface area contributed by atoms with Gasteiger partial charge in [-0.3, -0.25) is 4.79 Å². The molecule has 0 aromatic heterocycles. The van der Waals surface area contributed by atoms with E-state index in [0.717, 1.165) is 12.8 Å². The molecule has 3 heteroatoms. The molecule has 2 nitrogen and oxygen atoms in total. The summed E-state index contributed by atoms with van der Waals surface area (Å²) in [6, 6.07) is 0. The van der Waals surface area contributed by atoms with Crippen LogP contribution in [0.5, 0.6) is 0 Å². The largest absolute Gasteiger partial charge is 0.349 e. The minimum absolute atomic E-state index is 0.0621. The molecule has 2 fully saturated rings. The lowest BCUT2D eigenvalue weighted by atomic mass is 10.0. The number of amides is 1. The Balaban J connectivity index is 2.00. The quantitative estimate of drug-likeness (QED) is 0.741. The average Bonchev–Trinajstić information content (AvgIpc) is 2.91. The van der Waals surface area contributed by atoms with Crippen molar-refractivity contribution < 1.29 is 4.79 Å². The van der Waals surface area contributed by atoms with Gasteiger partial charge in [-0.15, -0.1) is 11.6 Å². The third-order valence-electron chi connectivity index (χ3n) is 4.78. The van der Waals surface area contributed by atoms with Crippen molar-refractivity contribution in [2.45, 2.75) is 46.1 Å². The maximum Gasteiger partial charge on any atom is 0.224 e. The van der Waals surface area contributed by atoms with E-state index in [1.807, 2.05) is 0 Å². The molecular weight excluding hydrogens is 210 g/mol. The molecule has 0 aromatic rings. The van der Waals surface area contributed by atoms with Gasteiger partial charge in [-0.2, -0.15) is 0 Å². The van der Waals surface area contributed by atoms with Crippen molar-refractivity contribution >= 4 is 17.5 Å². The fourth-order valence-electron chi connectivity index (χ4n) is 2.63. The number of alkyl halides is 1. The van der Waals surface area contributed by atoms with Gasteiger partial charge in [0.1, 0.15) is 0 Å².